The molecule has 0 aromatic rings. The third-order valence-electron chi connectivity index (χ3n) is 2.39. The largest absolute Gasteiger partial charge is 0.390 e. The molecule has 0 aliphatic rings. The van der Waals surface area contributed by atoms with Gasteiger partial charge in [0.05, 0.1) is 5.60 Å². The van der Waals surface area contributed by atoms with E-state index in [0.717, 1.165) is 19.3 Å². The first-order chi connectivity index (χ1) is 5.33. The molecule has 0 aromatic heterocycles. The summed E-state index contributed by atoms with van der Waals surface area (Å²) in [6.07, 6.45) is 2.59. The molecule has 0 heterocycles. The van der Waals surface area contributed by atoms with Crippen LogP contribution in [0.1, 0.15) is 47.0 Å². The molecule has 1 nitrogen and oxygen atoms in total. The maximum Gasteiger partial charge on any atom is 0.0622 e. The highest BCUT2D eigenvalue weighted by Crippen LogP contribution is 2.32. The van der Waals surface area contributed by atoms with Crippen molar-refractivity contribution in [2.45, 2.75) is 52.6 Å². The van der Waals surface area contributed by atoms with E-state index < -0.39 is 5.60 Å². The van der Waals surface area contributed by atoms with Crippen LogP contribution in [0.15, 0.2) is 0 Å². The lowest BCUT2D eigenvalue weighted by Gasteiger charge is -2.32. The Balaban J connectivity index is 4.04. The second-order valence-electron chi connectivity index (χ2n) is 4.63. The van der Waals surface area contributed by atoms with Crippen LogP contribution in [0.4, 0.5) is 0 Å². The van der Waals surface area contributed by atoms with Crippen LogP contribution in [0.25, 0.3) is 0 Å². The summed E-state index contributed by atoms with van der Waals surface area (Å²) in [4.78, 5) is 0. The number of rotatable bonds is 5. The minimum Gasteiger partial charge on any atom is -0.390 e. The van der Waals surface area contributed by atoms with Crippen LogP contribution in [0, 0.1) is 5.41 Å². The molecule has 1 N–H and O–H groups in total. The van der Waals surface area contributed by atoms with Crippen molar-refractivity contribution in [1.82, 2.24) is 0 Å². The highest BCUT2D eigenvalue weighted by Gasteiger charge is 2.28. The van der Waals surface area contributed by atoms with Crippen LogP contribution < -0.4 is 0 Å². The zero-order valence-electron chi connectivity index (χ0n) is 8.65. The molecule has 0 rings (SSSR count). The topological polar surface area (TPSA) is 20.2 Å². The fourth-order valence-electron chi connectivity index (χ4n) is 1.50. The molecule has 0 aliphatic carbocycles. The molecule has 1 unspecified atom stereocenters. The molecule has 2 heteroatoms. The predicted molar refractivity (Wildman–Crippen MR) is 54.6 cm³/mol. The first-order valence-corrected chi connectivity index (χ1v) is 5.15. The van der Waals surface area contributed by atoms with E-state index in [2.05, 4.69) is 13.8 Å². The van der Waals surface area contributed by atoms with Gasteiger partial charge >= 0.3 is 0 Å². The summed E-state index contributed by atoms with van der Waals surface area (Å²) in [6.45, 7) is 8.21. The number of halogens is 1. The Morgan fingerprint density at radius 3 is 2.08 bits per heavy atom. The number of hydrogen-bond donors (Lipinski definition) is 1. The van der Waals surface area contributed by atoms with Crippen molar-refractivity contribution >= 4 is 11.6 Å². The molecule has 0 aromatic carbocycles. The van der Waals surface area contributed by atoms with Crippen LogP contribution >= 0.6 is 11.6 Å². The van der Waals surface area contributed by atoms with Gasteiger partial charge in [-0.2, -0.15) is 0 Å². The van der Waals surface area contributed by atoms with Crippen molar-refractivity contribution in [2.24, 2.45) is 5.41 Å². The zero-order chi connectivity index (χ0) is 9.83. The third-order valence-corrected chi connectivity index (χ3v) is 2.58. The average Bonchev–Trinajstić information content (AvgIpc) is 1.85. The molecule has 74 valence electrons. The minimum atomic E-state index is -0.532. The van der Waals surface area contributed by atoms with Crippen molar-refractivity contribution in [3.8, 4) is 0 Å². The van der Waals surface area contributed by atoms with Crippen LogP contribution in [0.3, 0.4) is 0 Å². The molecule has 0 saturated carbocycles. The molecular formula is C10H21ClO. The standard InChI is InChI=1S/C10H21ClO/c1-5-10(4,12)8-9(2,3)6-7-11/h12H,5-8H2,1-4H3. The van der Waals surface area contributed by atoms with E-state index in [0.29, 0.717) is 5.88 Å². The number of alkyl halides is 1. The predicted octanol–water partition coefficient (Wildman–Crippen LogP) is 3.19. The Labute approximate surface area is 81.1 Å². The lowest BCUT2D eigenvalue weighted by atomic mass is 9.78. The third kappa shape index (κ3) is 5.00. The van der Waals surface area contributed by atoms with Crippen molar-refractivity contribution in [3.05, 3.63) is 0 Å². The van der Waals surface area contributed by atoms with Crippen molar-refractivity contribution in [2.75, 3.05) is 5.88 Å². The summed E-state index contributed by atoms with van der Waals surface area (Å²) >= 11 is 5.68. The first-order valence-electron chi connectivity index (χ1n) is 4.61. The summed E-state index contributed by atoms with van der Waals surface area (Å²) in [7, 11) is 0. The fourth-order valence-corrected chi connectivity index (χ4v) is 2.01. The molecule has 1 atom stereocenters. The maximum atomic E-state index is 9.84. The van der Waals surface area contributed by atoms with Gasteiger partial charge in [0.15, 0.2) is 0 Å². The molecule has 0 fully saturated rings. The Hall–Kier alpha value is 0.250. The van der Waals surface area contributed by atoms with Crippen molar-refractivity contribution < 1.29 is 5.11 Å². The molecule has 0 aliphatic heterocycles. The van der Waals surface area contributed by atoms with E-state index in [9.17, 15) is 5.11 Å². The molecule has 12 heavy (non-hydrogen) atoms. The van der Waals surface area contributed by atoms with Gasteiger partial charge in [0.1, 0.15) is 0 Å². The number of hydrogen-bond acceptors (Lipinski definition) is 1. The van der Waals surface area contributed by atoms with E-state index in [1.54, 1.807) is 0 Å². The Bertz CT molecular complexity index is 130. The van der Waals surface area contributed by atoms with Gasteiger partial charge in [-0.05, 0) is 31.6 Å². The summed E-state index contributed by atoms with van der Waals surface area (Å²) in [5.41, 5.74) is -0.378. The normalized spacial score (nSPS) is 17.5. The number of aliphatic hydroxyl groups is 1. The van der Waals surface area contributed by atoms with Gasteiger partial charge in [0, 0.05) is 5.88 Å². The van der Waals surface area contributed by atoms with E-state index in [1.165, 1.54) is 0 Å². The monoisotopic (exact) mass is 192 g/mol. The molecule has 0 bridgehead atoms. The van der Waals surface area contributed by atoms with Crippen LogP contribution in [0.2, 0.25) is 0 Å². The van der Waals surface area contributed by atoms with Gasteiger partial charge in [0.25, 0.3) is 0 Å². The van der Waals surface area contributed by atoms with Crippen LogP contribution in [-0.2, 0) is 0 Å². The van der Waals surface area contributed by atoms with Gasteiger partial charge in [-0.1, -0.05) is 20.8 Å². The molecule has 0 amide bonds. The smallest absolute Gasteiger partial charge is 0.0622 e. The molecule has 0 saturated heterocycles. The lowest BCUT2D eigenvalue weighted by Crippen LogP contribution is -2.31. The van der Waals surface area contributed by atoms with Crippen molar-refractivity contribution in [1.29, 1.82) is 0 Å². The van der Waals surface area contributed by atoms with Gasteiger partial charge in [-0.25, -0.2) is 0 Å². The van der Waals surface area contributed by atoms with E-state index >= 15 is 0 Å². The molecule has 0 radical (unpaired) electrons. The summed E-state index contributed by atoms with van der Waals surface area (Å²) < 4.78 is 0. The van der Waals surface area contributed by atoms with Gasteiger partial charge < -0.3 is 5.11 Å². The SMILES string of the molecule is CCC(C)(O)CC(C)(C)CCCl. The lowest BCUT2D eigenvalue weighted by molar-refractivity contribution is 0.0104. The average molecular weight is 193 g/mol. The quantitative estimate of drug-likeness (QED) is 0.664. The maximum absolute atomic E-state index is 9.84. The highest BCUT2D eigenvalue weighted by molar-refractivity contribution is 6.17. The van der Waals surface area contributed by atoms with Crippen LogP contribution in [-0.4, -0.2) is 16.6 Å². The molecule has 0 spiro atoms. The Kier molecular flexibility index (Phi) is 4.57. The van der Waals surface area contributed by atoms with Gasteiger partial charge in [0.2, 0.25) is 0 Å². The van der Waals surface area contributed by atoms with E-state index in [1.807, 2.05) is 13.8 Å². The fraction of sp³-hybridized carbons (Fsp3) is 1.00. The van der Waals surface area contributed by atoms with Crippen LogP contribution in [0.5, 0.6) is 0 Å². The second kappa shape index (κ2) is 4.48. The summed E-state index contributed by atoms with van der Waals surface area (Å²) in [5, 5.41) is 9.84. The first kappa shape index (κ1) is 12.2. The van der Waals surface area contributed by atoms with E-state index in [4.69, 9.17) is 11.6 Å². The summed E-state index contributed by atoms with van der Waals surface area (Å²) in [6, 6.07) is 0. The van der Waals surface area contributed by atoms with Crippen molar-refractivity contribution in [3.63, 3.8) is 0 Å². The highest BCUT2D eigenvalue weighted by atomic mass is 35.5. The summed E-state index contributed by atoms with van der Waals surface area (Å²) in [5.74, 6) is 0.673. The Morgan fingerprint density at radius 1 is 1.25 bits per heavy atom. The van der Waals surface area contributed by atoms with Gasteiger partial charge in [-0.3, -0.25) is 0 Å². The second-order valence-corrected chi connectivity index (χ2v) is 5.01. The molecular weight excluding hydrogens is 172 g/mol. The van der Waals surface area contributed by atoms with Gasteiger partial charge in [-0.15, -0.1) is 11.6 Å². The minimum absolute atomic E-state index is 0.154. The Morgan fingerprint density at radius 2 is 1.75 bits per heavy atom. The van der Waals surface area contributed by atoms with E-state index in [-0.39, 0.29) is 5.41 Å². The zero-order valence-corrected chi connectivity index (χ0v) is 9.41.